The molecular formula is C16H16N2O2. The summed E-state index contributed by atoms with van der Waals surface area (Å²) in [6.07, 6.45) is 1.02. The maximum absolute atomic E-state index is 11.8. The molecule has 0 fully saturated rings. The minimum Gasteiger partial charge on any atom is -0.462 e. The van der Waals surface area contributed by atoms with Crippen LogP contribution in [0.1, 0.15) is 22.8 Å². The lowest BCUT2D eigenvalue weighted by Crippen LogP contribution is -2.04. The van der Waals surface area contributed by atoms with Gasteiger partial charge in [0.2, 0.25) is 0 Å². The van der Waals surface area contributed by atoms with E-state index in [1.54, 1.807) is 13.0 Å². The lowest BCUT2D eigenvalue weighted by molar-refractivity contribution is 0.0526. The lowest BCUT2D eigenvalue weighted by atomic mass is 10.1. The Morgan fingerprint density at radius 2 is 2.25 bits per heavy atom. The molecule has 0 unspecified atom stereocenters. The quantitative estimate of drug-likeness (QED) is 0.870. The van der Waals surface area contributed by atoms with Crippen LogP contribution >= 0.6 is 0 Å². The molecule has 4 heteroatoms. The van der Waals surface area contributed by atoms with Crippen LogP contribution in [0.25, 0.3) is 11.3 Å². The van der Waals surface area contributed by atoms with E-state index in [-0.39, 0.29) is 5.97 Å². The van der Waals surface area contributed by atoms with Crippen molar-refractivity contribution in [2.75, 3.05) is 18.5 Å². The van der Waals surface area contributed by atoms with Crippen molar-refractivity contribution in [2.45, 2.75) is 13.3 Å². The topological polar surface area (TPSA) is 51.2 Å². The molecule has 3 rings (SSSR count). The zero-order valence-corrected chi connectivity index (χ0v) is 11.3. The minimum absolute atomic E-state index is 0.298. The number of ether oxygens (including phenoxy) is 1. The number of nitrogens with one attached hydrogen (secondary N) is 1. The van der Waals surface area contributed by atoms with E-state index >= 15 is 0 Å². The average Bonchev–Trinajstić information content (AvgIpc) is 2.95. The molecule has 0 amide bonds. The van der Waals surface area contributed by atoms with Gasteiger partial charge in [-0.1, -0.05) is 18.2 Å². The number of pyridine rings is 1. The summed E-state index contributed by atoms with van der Waals surface area (Å²) in [5.41, 5.74) is 3.59. The third-order valence-corrected chi connectivity index (χ3v) is 3.34. The first-order chi connectivity index (χ1) is 9.78. The maximum atomic E-state index is 11.8. The number of rotatable bonds is 3. The van der Waals surface area contributed by atoms with Crippen molar-refractivity contribution in [3.05, 3.63) is 47.5 Å². The zero-order valence-electron chi connectivity index (χ0n) is 11.3. The van der Waals surface area contributed by atoms with Gasteiger partial charge in [0.25, 0.3) is 0 Å². The van der Waals surface area contributed by atoms with E-state index in [9.17, 15) is 4.79 Å². The van der Waals surface area contributed by atoms with Crippen molar-refractivity contribution >= 4 is 11.8 Å². The molecule has 0 saturated carbocycles. The monoisotopic (exact) mass is 268 g/mol. The second-order valence-corrected chi connectivity index (χ2v) is 4.68. The first-order valence-electron chi connectivity index (χ1n) is 6.79. The van der Waals surface area contributed by atoms with Crippen LogP contribution in [0.2, 0.25) is 0 Å². The number of nitrogens with zero attached hydrogens (tertiary/aromatic N) is 1. The number of benzene rings is 1. The van der Waals surface area contributed by atoms with Crippen LogP contribution in [-0.2, 0) is 11.2 Å². The van der Waals surface area contributed by atoms with Crippen molar-refractivity contribution in [2.24, 2.45) is 0 Å². The normalized spacial score (nSPS) is 12.7. The second-order valence-electron chi connectivity index (χ2n) is 4.68. The molecule has 0 atom stereocenters. The van der Waals surface area contributed by atoms with E-state index in [0.717, 1.165) is 30.0 Å². The van der Waals surface area contributed by atoms with E-state index < -0.39 is 0 Å². The SMILES string of the molecule is CCOC(=O)c1cccc(-c2ccc3c(n2)NCC3)c1. The largest absolute Gasteiger partial charge is 0.462 e. The fourth-order valence-electron chi connectivity index (χ4n) is 2.34. The average molecular weight is 268 g/mol. The number of aromatic nitrogens is 1. The molecule has 1 aliphatic heterocycles. The predicted molar refractivity (Wildman–Crippen MR) is 77.8 cm³/mol. The molecule has 0 spiro atoms. The zero-order chi connectivity index (χ0) is 13.9. The number of fused-ring (bicyclic) bond motifs is 1. The smallest absolute Gasteiger partial charge is 0.338 e. The number of esters is 1. The molecule has 20 heavy (non-hydrogen) atoms. The molecule has 1 aromatic carbocycles. The second kappa shape index (κ2) is 5.33. The first-order valence-corrected chi connectivity index (χ1v) is 6.79. The van der Waals surface area contributed by atoms with Gasteiger partial charge in [-0.15, -0.1) is 0 Å². The lowest BCUT2D eigenvalue weighted by Gasteiger charge is -2.06. The van der Waals surface area contributed by atoms with Gasteiger partial charge in [0.1, 0.15) is 5.82 Å². The highest BCUT2D eigenvalue weighted by Gasteiger charge is 2.13. The highest BCUT2D eigenvalue weighted by atomic mass is 16.5. The first kappa shape index (κ1) is 12.7. The molecule has 0 radical (unpaired) electrons. The number of anilines is 1. The molecule has 4 nitrogen and oxygen atoms in total. The van der Waals surface area contributed by atoms with Gasteiger partial charge >= 0.3 is 5.97 Å². The van der Waals surface area contributed by atoms with Crippen LogP contribution in [0.15, 0.2) is 36.4 Å². The molecule has 0 aliphatic carbocycles. The number of hydrogen-bond acceptors (Lipinski definition) is 4. The van der Waals surface area contributed by atoms with E-state index in [1.807, 2.05) is 24.3 Å². The molecule has 2 aromatic rings. The van der Waals surface area contributed by atoms with Crippen molar-refractivity contribution in [1.29, 1.82) is 0 Å². The number of hydrogen-bond donors (Lipinski definition) is 1. The van der Waals surface area contributed by atoms with E-state index in [4.69, 9.17) is 4.74 Å². The maximum Gasteiger partial charge on any atom is 0.338 e. The fraction of sp³-hybridized carbons (Fsp3) is 0.250. The molecule has 1 N–H and O–H groups in total. The third-order valence-electron chi connectivity index (χ3n) is 3.34. The fourth-order valence-corrected chi connectivity index (χ4v) is 2.34. The summed E-state index contributed by atoms with van der Waals surface area (Å²) in [4.78, 5) is 16.4. The Hall–Kier alpha value is -2.36. The van der Waals surface area contributed by atoms with Gasteiger partial charge in [-0.25, -0.2) is 9.78 Å². The standard InChI is InChI=1S/C16H16N2O2/c1-2-20-16(19)13-5-3-4-12(10-13)14-7-6-11-8-9-17-15(11)18-14/h3-7,10H,2,8-9H2,1H3,(H,17,18). The third kappa shape index (κ3) is 2.37. The Balaban J connectivity index is 1.94. The van der Waals surface area contributed by atoms with Gasteiger partial charge < -0.3 is 10.1 Å². The minimum atomic E-state index is -0.298. The number of carbonyl (C=O) groups is 1. The summed E-state index contributed by atoms with van der Waals surface area (Å²) in [6.45, 7) is 3.12. The molecule has 1 aliphatic rings. The van der Waals surface area contributed by atoms with Crippen LogP contribution in [0.3, 0.4) is 0 Å². The Morgan fingerprint density at radius 3 is 3.10 bits per heavy atom. The van der Waals surface area contributed by atoms with Gasteiger partial charge in [-0.2, -0.15) is 0 Å². The van der Waals surface area contributed by atoms with Crippen LogP contribution in [0.4, 0.5) is 5.82 Å². The summed E-state index contributed by atoms with van der Waals surface area (Å²) in [6, 6.07) is 11.5. The Morgan fingerprint density at radius 1 is 1.35 bits per heavy atom. The summed E-state index contributed by atoms with van der Waals surface area (Å²) >= 11 is 0. The highest BCUT2D eigenvalue weighted by molar-refractivity contribution is 5.90. The molecule has 0 bridgehead atoms. The Labute approximate surface area is 117 Å². The van der Waals surface area contributed by atoms with E-state index in [1.165, 1.54) is 5.56 Å². The van der Waals surface area contributed by atoms with Crippen LogP contribution in [0.5, 0.6) is 0 Å². The predicted octanol–water partition coefficient (Wildman–Crippen LogP) is 2.89. The molecule has 1 aromatic heterocycles. The van der Waals surface area contributed by atoms with Gasteiger partial charge in [0, 0.05) is 12.1 Å². The van der Waals surface area contributed by atoms with Crippen molar-refractivity contribution < 1.29 is 9.53 Å². The van der Waals surface area contributed by atoms with Gasteiger partial charge in [-0.05, 0) is 37.1 Å². The van der Waals surface area contributed by atoms with Gasteiger partial charge in [0.15, 0.2) is 0 Å². The van der Waals surface area contributed by atoms with E-state index in [2.05, 4.69) is 16.4 Å². The Kier molecular flexibility index (Phi) is 3.37. The molecular weight excluding hydrogens is 252 g/mol. The van der Waals surface area contributed by atoms with Crippen LogP contribution in [0, 0.1) is 0 Å². The molecule has 102 valence electrons. The Bertz CT molecular complexity index is 653. The summed E-state index contributed by atoms with van der Waals surface area (Å²) in [7, 11) is 0. The van der Waals surface area contributed by atoms with E-state index in [0.29, 0.717) is 12.2 Å². The highest BCUT2D eigenvalue weighted by Crippen LogP contribution is 2.25. The van der Waals surface area contributed by atoms with Crippen LogP contribution in [-0.4, -0.2) is 24.1 Å². The summed E-state index contributed by atoms with van der Waals surface area (Å²) in [5.74, 6) is 0.651. The van der Waals surface area contributed by atoms with Crippen molar-refractivity contribution in [1.82, 2.24) is 4.98 Å². The summed E-state index contributed by atoms with van der Waals surface area (Å²) in [5, 5.41) is 3.27. The van der Waals surface area contributed by atoms with Crippen LogP contribution < -0.4 is 5.32 Å². The summed E-state index contributed by atoms with van der Waals surface area (Å²) < 4.78 is 5.02. The van der Waals surface area contributed by atoms with Gasteiger partial charge in [-0.3, -0.25) is 0 Å². The van der Waals surface area contributed by atoms with Crippen molar-refractivity contribution in [3.63, 3.8) is 0 Å². The van der Waals surface area contributed by atoms with Gasteiger partial charge in [0.05, 0.1) is 17.9 Å². The number of carbonyl (C=O) groups excluding carboxylic acids is 1. The molecule has 2 heterocycles. The van der Waals surface area contributed by atoms with Crippen molar-refractivity contribution in [3.8, 4) is 11.3 Å². The molecule has 0 saturated heterocycles.